The number of carbonyl (C=O) groups excluding carboxylic acids is 1. The summed E-state index contributed by atoms with van der Waals surface area (Å²) in [7, 11) is -6.45. The molecule has 0 radical (unpaired) electrons. The molecular weight excluding hydrogens is 765 g/mol. The second kappa shape index (κ2) is 23.9. The summed E-state index contributed by atoms with van der Waals surface area (Å²) in [5, 5.41) is 12.6. The fourth-order valence-electron chi connectivity index (χ4n) is 7.01. The molecule has 3 aromatic rings. The number of ether oxygens (including phenoxy) is 4. The van der Waals surface area contributed by atoms with Crippen LogP contribution in [0.2, 0.25) is 50.4 Å². The normalized spacial score (nSPS) is 14.8. The van der Waals surface area contributed by atoms with E-state index in [0.29, 0.717) is 32.5 Å². The highest BCUT2D eigenvalue weighted by Crippen LogP contribution is 2.39. The summed E-state index contributed by atoms with van der Waals surface area (Å²) < 4.78 is 39.2. The zero-order valence-corrected chi connectivity index (χ0v) is 39.3. The van der Waals surface area contributed by atoms with Crippen molar-refractivity contribution in [3.8, 4) is 0 Å². The molecule has 0 amide bonds. The molecule has 316 valence electrons. The van der Waals surface area contributed by atoms with E-state index in [9.17, 15) is 9.90 Å². The summed E-state index contributed by atoms with van der Waals surface area (Å²) in [5.41, 5.74) is 1.06. The van der Waals surface area contributed by atoms with Crippen molar-refractivity contribution in [2.45, 2.75) is 134 Å². The highest BCUT2D eigenvalue weighted by molar-refractivity contribution is 6.99. The van der Waals surface area contributed by atoms with Crippen molar-refractivity contribution in [3.63, 3.8) is 0 Å². The molecule has 0 aliphatic carbocycles. The van der Waals surface area contributed by atoms with Crippen LogP contribution in [0.15, 0.2) is 104 Å². The molecule has 0 saturated carbocycles. The number of Topliss-reactive ketones (excluding diaryl/α,β-unsaturated/α-hetero) is 1. The van der Waals surface area contributed by atoms with Crippen molar-refractivity contribution in [2.75, 3.05) is 26.8 Å². The fourth-order valence-corrected chi connectivity index (χ4v) is 13.7. The van der Waals surface area contributed by atoms with Gasteiger partial charge < -0.3 is 32.9 Å². The molecule has 8 nitrogen and oxygen atoms in total. The monoisotopic (exact) mass is 836 g/mol. The molecule has 0 fully saturated rings. The zero-order chi connectivity index (χ0) is 42.0. The Balaban J connectivity index is 2.04. The van der Waals surface area contributed by atoms with Gasteiger partial charge in [-0.05, 0) is 59.5 Å². The second-order valence-electron chi connectivity index (χ2n) is 18.3. The predicted octanol–water partition coefficient (Wildman–Crippen LogP) is 9.11. The number of hydrogen-bond acceptors (Lipinski definition) is 8. The van der Waals surface area contributed by atoms with Gasteiger partial charge in [-0.15, -0.1) is 6.58 Å². The van der Waals surface area contributed by atoms with Crippen LogP contribution in [-0.2, 0) is 39.2 Å². The number of aliphatic hydroxyl groups is 1. The third-order valence-corrected chi connectivity index (χ3v) is 17.5. The van der Waals surface area contributed by atoms with Gasteiger partial charge in [0.05, 0.1) is 37.6 Å². The van der Waals surface area contributed by atoms with Crippen LogP contribution < -0.4 is 10.4 Å². The molecule has 11 heteroatoms. The van der Waals surface area contributed by atoms with Gasteiger partial charge in [-0.25, -0.2) is 0 Å². The number of ketones is 1. The topological polar surface area (TPSA) is 92.7 Å². The van der Waals surface area contributed by atoms with E-state index >= 15 is 0 Å². The minimum Gasteiger partial charge on any atom is -0.414 e. The van der Waals surface area contributed by atoms with Gasteiger partial charge in [-0.2, -0.15) is 0 Å². The van der Waals surface area contributed by atoms with E-state index in [0.717, 1.165) is 22.0 Å². The molecule has 0 unspecified atom stereocenters. The van der Waals surface area contributed by atoms with Gasteiger partial charge in [-0.1, -0.05) is 137 Å². The van der Waals surface area contributed by atoms with Crippen LogP contribution in [0.4, 0.5) is 0 Å². The molecule has 3 aromatic carbocycles. The molecule has 1 N–H and O–H groups in total. The Morgan fingerprint density at radius 3 is 1.81 bits per heavy atom. The number of hydrogen-bond donors (Lipinski definition) is 1. The molecule has 0 saturated heterocycles. The maximum absolute atomic E-state index is 13.5. The number of benzene rings is 3. The quantitative estimate of drug-likeness (QED) is 0.0336. The van der Waals surface area contributed by atoms with Gasteiger partial charge in [0.2, 0.25) is 0 Å². The summed E-state index contributed by atoms with van der Waals surface area (Å²) in [6.07, 6.45) is 1.13. The maximum Gasteiger partial charge on any atom is 0.261 e. The smallest absolute Gasteiger partial charge is 0.261 e. The first-order valence-electron chi connectivity index (χ1n) is 20.6. The minimum atomic E-state index is -3.06. The number of aliphatic hydroxyl groups excluding tert-OH is 1. The van der Waals surface area contributed by atoms with Crippen molar-refractivity contribution in [1.29, 1.82) is 0 Å². The first-order valence-corrected chi connectivity index (χ1v) is 29.6. The molecule has 4 atom stereocenters. The van der Waals surface area contributed by atoms with E-state index in [2.05, 4.69) is 115 Å². The van der Waals surface area contributed by atoms with E-state index in [1.807, 2.05) is 42.5 Å². The first-order chi connectivity index (χ1) is 26.9. The van der Waals surface area contributed by atoms with E-state index in [4.69, 9.17) is 27.8 Å². The Hall–Kier alpha value is -2.56. The Labute approximate surface area is 347 Å². The average molecular weight is 837 g/mol. The third-order valence-electron chi connectivity index (χ3n) is 9.65. The molecule has 0 aliphatic rings. The van der Waals surface area contributed by atoms with Crippen molar-refractivity contribution >= 4 is 40.9 Å². The second-order valence-corrected chi connectivity index (χ2v) is 32.6. The molecule has 0 spiro atoms. The molecule has 57 heavy (non-hydrogen) atoms. The lowest BCUT2D eigenvalue weighted by Crippen LogP contribution is -2.68. The van der Waals surface area contributed by atoms with Crippen molar-refractivity contribution in [2.24, 2.45) is 0 Å². The lowest BCUT2D eigenvalue weighted by atomic mass is 9.99. The van der Waals surface area contributed by atoms with Gasteiger partial charge >= 0.3 is 0 Å². The summed E-state index contributed by atoms with van der Waals surface area (Å²) in [5.74, 6) is -0.0438. The van der Waals surface area contributed by atoms with Crippen LogP contribution in [0.3, 0.4) is 0 Å². The lowest BCUT2D eigenvalue weighted by Gasteiger charge is -2.46. The maximum atomic E-state index is 13.5. The van der Waals surface area contributed by atoms with Gasteiger partial charge in [-0.3, -0.25) is 4.79 Å². The number of carbonyl (C=O) groups is 1. The molecule has 3 rings (SSSR count). The van der Waals surface area contributed by atoms with Gasteiger partial charge in [0, 0.05) is 33.9 Å². The molecule has 0 bridgehead atoms. The van der Waals surface area contributed by atoms with E-state index in [-0.39, 0.29) is 43.9 Å². The first kappa shape index (κ1) is 48.8. The average Bonchev–Trinajstić information content (AvgIpc) is 3.13. The summed E-state index contributed by atoms with van der Waals surface area (Å²) in [6, 6.07) is 32.3. The predicted molar refractivity (Wildman–Crippen MR) is 241 cm³/mol. The van der Waals surface area contributed by atoms with Crippen LogP contribution in [-0.4, -0.2) is 86.8 Å². The van der Waals surface area contributed by atoms with E-state index in [1.54, 1.807) is 6.08 Å². The van der Waals surface area contributed by atoms with Crippen LogP contribution in [0.1, 0.15) is 58.4 Å². The summed E-state index contributed by atoms with van der Waals surface area (Å²) >= 11 is 0. The van der Waals surface area contributed by atoms with Crippen LogP contribution >= 0.6 is 0 Å². The standard InChI is InChI=1S/C46H72O8Si3/c1-11-21-39(47)30-40(48)31-41(53-56(8,9)10)32-42(54-57(46(2,3)4,44-24-17-13-18-25-44)45-26-19-14-20-27-45)33-43(35-51-36-49-28-29-55(5,6)7)52-37-50-34-38-22-15-12-16-23-38/h11-20,22-27,39,41-43,47H,1,21,28-37H2,2-10H3/t39-,41-,42+,43+/m0/s1. The Morgan fingerprint density at radius 1 is 0.719 bits per heavy atom. The van der Waals surface area contributed by atoms with Crippen LogP contribution in [0.5, 0.6) is 0 Å². The highest BCUT2D eigenvalue weighted by atomic mass is 28.4. The Bertz CT molecular complexity index is 1520. The largest absolute Gasteiger partial charge is 0.414 e. The van der Waals surface area contributed by atoms with E-state index in [1.165, 1.54) is 0 Å². The van der Waals surface area contributed by atoms with Gasteiger partial charge in [0.1, 0.15) is 19.4 Å². The molecule has 0 heterocycles. The number of rotatable bonds is 28. The van der Waals surface area contributed by atoms with Crippen LogP contribution in [0.25, 0.3) is 0 Å². The van der Waals surface area contributed by atoms with Crippen LogP contribution in [0, 0.1) is 0 Å². The molecule has 0 aromatic heterocycles. The lowest BCUT2D eigenvalue weighted by molar-refractivity contribution is -0.144. The Morgan fingerprint density at radius 2 is 1.28 bits per heavy atom. The summed E-state index contributed by atoms with van der Waals surface area (Å²) in [6.45, 7) is 25.5. The molecular formula is C46H72O8Si3. The fraction of sp³-hybridized carbons (Fsp3) is 0.543. The highest BCUT2D eigenvalue weighted by Gasteiger charge is 2.52. The Kier molecular flexibility index (Phi) is 20.5. The SMILES string of the molecule is C=CC[C@H](O)CC(=O)C[C@@H](C[C@H](C[C@H](COCOCC[Si](C)(C)C)OCOCc1ccccc1)O[Si](c1ccccc1)(c1ccccc1)C(C)(C)C)O[Si](C)(C)C. The van der Waals surface area contributed by atoms with Crippen molar-refractivity contribution in [3.05, 3.63) is 109 Å². The van der Waals surface area contributed by atoms with Gasteiger partial charge in [0.15, 0.2) is 8.32 Å². The third kappa shape index (κ3) is 18.1. The van der Waals surface area contributed by atoms with Crippen molar-refractivity contribution in [1.82, 2.24) is 0 Å². The molecule has 0 aliphatic heterocycles. The summed E-state index contributed by atoms with van der Waals surface area (Å²) in [4.78, 5) is 13.5. The minimum absolute atomic E-state index is 0.0438. The van der Waals surface area contributed by atoms with Gasteiger partial charge in [0.25, 0.3) is 8.32 Å². The van der Waals surface area contributed by atoms with E-state index < -0.39 is 49.1 Å². The van der Waals surface area contributed by atoms with Crippen molar-refractivity contribution < 1.29 is 37.7 Å². The zero-order valence-electron chi connectivity index (χ0n) is 36.3.